The van der Waals surface area contributed by atoms with Crippen LogP contribution in [0.4, 0.5) is 0 Å². The summed E-state index contributed by atoms with van der Waals surface area (Å²) >= 11 is 0. The van der Waals surface area contributed by atoms with Crippen LogP contribution in [-0.4, -0.2) is 16.6 Å². The first-order valence-corrected chi connectivity index (χ1v) is 4.02. The van der Waals surface area contributed by atoms with E-state index in [2.05, 4.69) is 15.3 Å². The third-order valence-corrected chi connectivity index (χ3v) is 1.92. The molecule has 0 aromatic carbocycles. The third-order valence-electron chi connectivity index (χ3n) is 1.92. The first kappa shape index (κ1) is 7.91. The Kier molecular flexibility index (Phi) is 1.81. The number of pyridine rings is 1. The van der Waals surface area contributed by atoms with Gasteiger partial charge in [-0.3, -0.25) is 14.8 Å². The standard InChI is InChI=1S/C9H9N3O/c1-6-9(13)12-8(11-6)7-3-2-4-10-5-7/h2-5,8H,1H3,(H,12,13). The van der Waals surface area contributed by atoms with Crippen LogP contribution in [0.3, 0.4) is 0 Å². The number of aromatic nitrogens is 1. The van der Waals surface area contributed by atoms with E-state index in [0.29, 0.717) is 5.71 Å². The van der Waals surface area contributed by atoms with Crippen LogP contribution in [0.5, 0.6) is 0 Å². The quantitative estimate of drug-likeness (QED) is 0.682. The van der Waals surface area contributed by atoms with Crippen molar-refractivity contribution in [1.82, 2.24) is 10.3 Å². The van der Waals surface area contributed by atoms with Crippen molar-refractivity contribution in [2.45, 2.75) is 13.1 Å². The van der Waals surface area contributed by atoms with Gasteiger partial charge < -0.3 is 5.32 Å². The molecule has 1 aromatic rings. The smallest absolute Gasteiger partial charge is 0.266 e. The van der Waals surface area contributed by atoms with Gasteiger partial charge in [0.25, 0.3) is 5.91 Å². The average Bonchev–Trinajstić information content (AvgIpc) is 2.49. The number of aliphatic imine (C=N–C) groups is 1. The summed E-state index contributed by atoms with van der Waals surface area (Å²) in [4.78, 5) is 19.2. The maximum atomic E-state index is 11.1. The molecule has 1 N–H and O–H groups in total. The molecule has 4 heteroatoms. The van der Waals surface area contributed by atoms with Crippen LogP contribution in [0, 0.1) is 0 Å². The van der Waals surface area contributed by atoms with E-state index in [1.165, 1.54) is 0 Å². The number of carbonyl (C=O) groups is 1. The van der Waals surface area contributed by atoms with E-state index in [-0.39, 0.29) is 12.1 Å². The van der Waals surface area contributed by atoms with Crippen LogP contribution in [0.1, 0.15) is 18.7 Å². The fourth-order valence-corrected chi connectivity index (χ4v) is 1.21. The molecule has 4 nitrogen and oxygen atoms in total. The Morgan fingerprint density at radius 1 is 1.54 bits per heavy atom. The number of nitrogens with zero attached hydrogens (tertiary/aromatic N) is 2. The number of hydrogen-bond donors (Lipinski definition) is 1. The van der Waals surface area contributed by atoms with Gasteiger partial charge in [0.2, 0.25) is 0 Å². The molecule has 13 heavy (non-hydrogen) atoms. The van der Waals surface area contributed by atoms with E-state index < -0.39 is 0 Å². The molecular formula is C9H9N3O. The molecule has 1 aromatic heterocycles. The number of amides is 1. The Morgan fingerprint density at radius 2 is 2.38 bits per heavy atom. The molecule has 0 bridgehead atoms. The van der Waals surface area contributed by atoms with Gasteiger partial charge in [-0.2, -0.15) is 0 Å². The average molecular weight is 175 g/mol. The topological polar surface area (TPSA) is 54.4 Å². The van der Waals surface area contributed by atoms with E-state index in [1.807, 2.05) is 12.1 Å². The Labute approximate surface area is 75.7 Å². The maximum absolute atomic E-state index is 11.1. The first-order chi connectivity index (χ1) is 6.27. The van der Waals surface area contributed by atoms with E-state index in [4.69, 9.17) is 0 Å². The summed E-state index contributed by atoms with van der Waals surface area (Å²) in [6.45, 7) is 1.70. The van der Waals surface area contributed by atoms with Gasteiger partial charge in [-0.25, -0.2) is 0 Å². The second kappa shape index (κ2) is 2.97. The highest BCUT2D eigenvalue weighted by molar-refractivity contribution is 6.39. The van der Waals surface area contributed by atoms with Crippen molar-refractivity contribution in [3.8, 4) is 0 Å². The SMILES string of the molecule is CC1=NC(c2cccnc2)NC1=O. The van der Waals surface area contributed by atoms with E-state index in [9.17, 15) is 4.79 Å². The zero-order valence-corrected chi connectivity index (χ0v) is 7.19. The predicted molar refractivity (Wildman–Crippen MR) is 48.2 cm³/mol. The lowest BCUT2D eigenvalue weighted by Crippen LogP contribution is -2.23. The summed E-state index contributed by atoms with van der Waals surface area (Å²) in [5.41, 5.74) is 1.43. The van der Waals surface area contributed by atoms with E-state index in [0.717, 1.165) is 5.56 Å². The maximum Gasteiger partial charge on any atom is 0.266 e. The van der Waals surface area contributed by atoms with Gasteiger partial charge in [-0.05, 0) is 13.0 Å². The van der Waals surface area contributed by atoms with Gasteiger partial charge in [0, 0.05) is 18.0 Å². The van der Waals surface area contributed by atoms with Crippen LogP contribution < -0.4 is 5.32 Å². The van der Waals surface area contributed by atoms with Crippen LogP contribution in [0.25, 0.3) is 0 Å². The number of nitrogens with one attached hydrogen (secondary N) is 1. The van der Waals surface area contributed by atoms with Crippen molar-refractivity contribution in [2.24, 2.45) is 4.99 Å². The minimum Gasteiger partial charge on any atom is -0.325 e. The van der Waals surface area contributed by atoms with E-state index >= 15 is 0 Å². The minimum absolute atomic E-state index is 0.103. The molecule has 0 aliphatic carbocycles. The number of carbonyl (C=O) groups excluding carboxylic acids is 1. The molecule has 0 spiro atoms. The number of rotatable bonds is 1. The molecule has 1 unspecified atom stereocenters. The molecule has 0 fully saturated rings. The highest BCUT2D eigenvalue weighted by Gasteiger charge is 2.22. The van der Waals surface area contributed by atoms with Crippen LogP contribution >= 0.6 is 0 Å². The Morgan fingerprint density at radius 3 is 2.92 bits per heavy atom. The summed E-state index contributed by atoms with van der Waals surface area (Å²) in [6.07, 6.45) is 3.14. The lowest BCUT2D eigenvalue weighted by atomic mass is 10.2. The molecule has 66 valence electrons. The molecule has 1 amide bonds. The van der Waals surface area contributed by atoms with Crippen LogP contribution in [0.2, 0.25) is 0 Å². The van der Waals surface area contributed by atoms with E-state index in [1.54, 1.807) is 19.3 Å². The summed E-state index contributed by atoms with van der Waals surface area (Å²) in [7, 11) is 0. The predicted octanol–water partition coefficient (Wildman–Crippen LogP) is 0.671. The lowest BCUT2D eigenvalue weighted by Gasteiger charge is -2.05. The second-order valence-corrected chi connectivity index (χ2v) is 2.88. The molecule has 1 atom stereocenters. The Hall–Kier alpha value is -1.71. The molecular weight excluding hydrogens is 166 g/mol. The normalized spacial score (nSPS) is 21.2. The van der Waals surface area contributed by atoms with Gasteiger partial charge in [0.1, 0.15) is 6.17 Å². The Balaban J connectivity index is 2.27. The van der Waals surface area contributed by atoms with Crippen molar-refractivity contribution >= 4 is 11.6 Å². The number of hydrogen-bond acceptors (Lipinski definition) is 3. The Bertz CT molecular complexity index is 358. The van der Waals surface area contributed by atoms with Gasteiger partial charge in [-0.1, -0.05) is 6.07 Å². The monoisotopic (exact) mass is 175 g/mol. The summed E-state index contributed by atoms with van der Waals surface area (Å²) in [5, 5.41) is 2.74. The van der Waals surface area contributed by atoms with Crippen molar-refractivity contribution < 1.29 is 4.79 Å². The van der Waals surface area contributed by atoms with Crippen molar-refractivity contribution in [1.29, 1.82) is 0 Å². The van der Waals surface area contributed by atoms with Crippen LogP contribution in [0.15, 0.2) is 29.5 Å². The summed E-state index contributed by atoms with van der Waals surface area (Å²) in [6, 6.07) is 3.71. The van der Waals surface area contributed by atoms with Crippen molar-refractivity contribution in [3.05, 3.63) is 30.1 Å². The zero-order chi connectivity index (χ0) is 9.26. The van der Waals surface area contributed by atoms with Gasteiger partial charge >= 0.3 is 0 Å². The van der Waals surface area contributed by atoms with Crippen LogP contribution in [-0.2, 0) is 4.79 Å². The molecule has 0 radical (unpaired) electrons. The molecule has 1 aliphatic rings. The van der Waals surface area contributed by atoms with Gasteiger partial charge in [-0.15, -0.1) is 0 Å². The second-order valence-electron chi connectivity index (χ2n) is 2.88. The minimum atomic E-state index is -0.249. The largest absolute Gasteiger partial charge is 0.325 e. The summed E-state index contributed by atoms with van der Waals surface area (Å²) in [5.74, 6) is -0.103. The zero-order valence-electron chi connectivity index (χ0n) is 7.19. The van der Waals surface area contributed by atoms with Gasteiger partial charge in [0.05, 0.1) is 5.71 Å². The fourth-order valence-electron chi connectivity index (χ4n) is 1.21. The molecule has 2 heterocycles. The molecule has 0 saturated heterocycles. The highest BCUT2D eigenvalue weighted by atomic mass is 16.2. The van der Waals surface area contributed by atoms with Crippen molar-refractivity contribution in [3.63, 3.8) is 0 Å². The fraction of sp³-hybridized carbons (Fsp3) is 0.222. The van der Waals surface area contributed by atoms with Gasteiger partial charge in [0.15, 0.2) is 0 Å². The highest BCUT2D eigenvalue weighted by Crippen LogP contribution is 2.16. The third kappa shape index (κ3) is 1.42. The molecule has 2 rings (SSSR count). The van der Waals surface area contributed by atoms with Crippen molar-refractivity contribution in [2.75, 3.05) is 0 Å². The molecule has 1 aliphatic heterocycles. The summed E-state index contributed by atoms with van der Waals surface area (Å²) < 4.78 is 0. The molecule has 0 saturated carbocycles. The first-order valence-electron chi connectivity index (χ1n) is 4.02. The lowest BCUT2D eigenvalue weighted by molar-refractivity contribution is -0.114.